The molecule has 2 aromatic rings. The van der Waals surface area contributed by atoms with Crippen LogP contribution in [0.3, 0.4) is 0 Å². The second kappa shape index (κ2) is 14.2. The van der Waals surface area contributed by atoms with E-state index in [0.717, 1.165) is 16.6 Å². The van der Waals surface area contributed by atoms with Crippen LogP contribution in [-0.2, 0) is 25.6 Å². The van der Waals surface area contributed by atoms with Crippen molar-refractivity contribution in [2.24, 2.45) is 0 Å². The Morgan fingerprint density at radius 1 is 0.806 bits per heavy atom. The summed E-state index contributed by atoms with van der Waals surface area (Å²) in [7, 11) is 0. The van der Waals surface area contributed by atoms with E-state index in [0.29, 0.717) is 25.8 Å². The molecule has 194 valence electrons. The van der Waals surface area contributed by atoms with E-state index in [2.05, 4.69) is 20.9 Å². The van der Waals surface area contributed by atoms with Crippen molar-refractivity contribution in [1.82, 2.24) is 20.9 Å². The van der Waals surface area contributed by atoms with Crippen molar-refractivity contribution in [1.29, 1.82) is 0 Å². The van der Waals surface area contributed by atoms with Gasteiger partial charge in [0, 0.05) is 30.5 Å². The van der Waals surface area contributed by atoms with Crippen molar-refractivity contribution in [3.05, 3.63) is 42.1 Å². The molecule has 0 fully saturated rings. The number of pyridine rings is 1. The van der Waals surface area contributed by atoms with Gasteiger partial charge in [0.1, 0.15) is 12.1 Å². The van der Waals surface area contributed by atoms with Gasteiger partial charge in [-0.2, -0.15) is 0 Å². The van der Waals surface area contributed by atoms with E-state index < -0.39 is 42.4 Å². The fourth-order valence-electron chi connectivity index (χ4n) is 3.42. The van der Waals surface area contributed by atoms with E-state index >= 15 is 0 Å². The van der Waals surface area contributed by atoms with Gasteiger partial charge in [-0.15, -0.1) is 0 Å². The average molecular weight is 503 g/mol. The zero-order valence-corrected chi connectivity index (χ0v) is 19.6. The molecule has 6 N–H and O–H groups in total. The van der Waals surface area contributed by atoms with Gasteiger partial charge in [-0.05, 0) is 44.2 Å². The molecule has 0 unspecified atom stereocenters. The van der Waals surface area contributed by atoms with E-state index in [1.807, 2.05) is 36.4 Å². The lowest BCUT2D eigenvalue weighted by Crippen LogP contribution is -2.51. The van der Waals surface area contributed by atoms with Gasteiger partial charge in [-0.25, -0.2) is 14.4 Å². The van der Waals surface area contributed by atoms with Crippen LogP contribution >= 0.6 is 0 Å². The molecule has 3 amide bonds. The highest BCUT2D eigenvalue weighted by Crippen LogP contribution is 2.12. The second-order valence-electron chi connectivity index (χ2n) is 8.17. The second-order valence-corrected chi connectivity index (χ2v) is 8.17. The maximum absolute atomic E-state index is 12.1. The number of urea groups is 1. The van der Waals surface area contributed by atoms with Crippen LogP contribution < -0.4 is 16.0 Å². The number of aliphatic carboxylic acids is 3. The number of carboxylic acids is 3. The summed E-state index contributed by atoms with van der Waals surface area (Å²) in [5.41, 5.74) is 1.68. The number of benzene rings is 1. The summed E-state index contributed by atoms with van der Waals surface area (Å²) < 4.78 is 0. The molecule has 2 atom stereocenters. The Kier molecular flexibility index (Phi) is 11.1. The van der Waals surface area contributed by atoms with Gasteiger partial charge in [0.25, 0.3) is 0 Å². The normalized spacial score (nSPS) is 12.3. The van der Waals surface area contributed by atoms with Crippen LogP contribution in [0.2, 0.25) is 0 Å². The predicted molar refractivity (Wildman–Crippen MR) is 128 cm³/mol. The van der Waals surface area contributed by atoms with Crippen molar-refractivity contribution in [2.45, 2.75) is 57.0 Å². The summed E-state index contributed by atoms with van der Waals surface area (Å²) in [6, 6.07) is 7.80. The van der Waals surface area contributed by atoms with E-state index in [-0.39, 0.29) is 25.2 Å². The Bertz CT molecular complexity index is 1090. The number of hydrogen-bond donors (Lipinski definition) is 6. The number of carboxylic acid groups (broad SMARTS) is 3. The fourth-order valence-corrected chi connectivity index (χ4v) is 3.42. The molecule has 0 spiro atoms. The molecular formula is C24H30N4O8. The zero-order chi connectivity index (χ0) is 26.5. The molecular weight excluding hydrogens is 472 g/mol. The van der Waals surface area contributed by atoms with E-state index in [4.69, 9.17) is 10.2 Å². The molecule has 0 aliphatic rings. The van der Waals surface area contributed by atoms with E-state index in [1.54, 1.807) is 0 Å². The van der Waals surface area contributed by atoms with Gasteiger partial charge < -0.3 is 31.3 Å². The Morgan fingerprint density at radius 3 is 2.14 bits per heavy atom. The maximum atomic E-state index is 12.1. The lowest BCUT2D eigenvalue weighted by Gasteiger charge is -2.18. The van der Waals surface area contributed by atoms with Gasteiger partial charge in [-0.3, -0.25) is 14.6 Å². The fraction of sp³-hybridized carbons (Fsp3) is 0.417. The number of aryl methyl sites for hydroxylation is 1. The predicted octanol–water partition coefficient (Wildman–Crippen LogP) is 1.52. The molecule has 1 aromatic carbocycles. The first kappa shape index (κ1) is 28.0. The molecule has 12 nitrogen and oxygen atoms in total. The molecule has 0 saturated heterocycles. The van der Waals surface area contributed by atoms with Gasteiger partial charge in [0.2, 0.25) is 5.91 Å². The molecule has 0 aliphatic carbocycles. The number of fused-ring (bicyclic) bond motifs is 1. The van der Waals surface area contributed by atoms with Gasteiger partial charge >= 0.3 is 23.9 Å². The van der Waals surface area contributed by atoms with Crippen LogP contribution in [0.15, 0.2) is 36.4 Å². The van der Waals surface area contributed by atoms with Crippen LogP contribution in [0.5, 0.6) is 0 Å². The molecule has 0 bridgehead atoms. The van der Waals surface area contributed by atoms with E-state index in [9.17, 15) is 29.1 Å². The first-order valence-electron chi connectivity index (χ1n) is 11.5. The smallest absolute Gasteiger partial charge is 0.326 e. The average Bonchev–Trinajstić information content (AvgIpc) is 2.83. The Labute approximate surface area is 207 Å². The number of rotatable bonds is 15. The molecule has 2 rings (SSSR count). The minimum Gasteiger partial charge on any atom is -0.481 e. The maximum Gasteiger partial charge on any atom is 0.326 e. The van der Waals surface area contributed by atoms with Crippen LogP contribution in [-0.4, -0.2) is 68.8 Å². The third-order valence-corrected chi connectivity index (χ3v) is 5.36. The molecule has 1 aromatic heterocycles. The highest BCUT2D eigenvalue weighted by Gasteiger charge is 2.24. The summed E-state index contributed by atoms with van der Waals surface area (Å²) in [6.45, 7) is 0.332. The number of para-hydroxylation sites is 1. The lowest BCUT2D eigenvalue weighted by atomic mass is 10.1. The SMILES string of the molecule is O=C(O)CC[C@H](NC(=O)N[C@@H](CCCCNC(=O)CCc1ccc2ccccc2n1)C(=O)O)C(=O)O. The summed E-state index contributed by atoms with van der Waals surface area (Å²) in [4.78, 5) is 61.8. The molecule has 1 heterocycles. The molecule has 36 heavy (non-hydrogen) atoms. The van der Waals surface area contributed by atoms with E-state index in [1.165, 1.54) is 0 Å². The third kappa shape index (κ3) is 9.95. The molecule has 0 aliphatic heterocycles. The Hall–Kier alpha value is -4.22. The molecule has 12 heteroatoms. The molecule has 0 radical (unpaired) electrons. The van der Waals surface area contributed by atoms with Crippen molar-refractivity contribution in [3.8, 4) is 0 Å². The first-order chi connectivity index (χ1) is 17.2. The van der Waals surface area contributed by atoms with Gasteiger partial charge in [0.15, 0.2) is 0 Å². The lowest BCUT2D eigenvalue weighted by molar-refractivity contribution is -0.140. The number of carbonyl (C=O) groups excluding carboxylic acids is 2. The van der Waals surface area contributed by atoms with Crippen molar-refractivity contribution in [3.63, 3.8) is 0 Å². The number of unbranched alkanes of at least 4 members (excludes halogenated alkanes) is 1. The number of aromatic nitrogens is 1. The Morgan fingerprint density at radius 2 is 1.47 bits per heavy atom. The number of hydrogen-bond acceptors (Lipinski definition) is 6. The highest BCUT2D eigenvalue weighted by atomic mass is 16.4. The van der Waals surface area contributed by atoms with Crippen molar-refractivity contribution < 1.29 is 39.3 Å². The summed E-state index contributed by atoms with van der Waals surface area (Å²) >= 11 is 0. The van der Waals surface area contributed by atoms with Gasteiger partial charge in [-0.1, -0.05) is 24.3 Å². The number of amides is 3. The summed E-state index contributed by atoms with van der Waals surface area (Å²) in [5, 5.41) is 35.1. The number of nitrogens with one attached hydrogen (secondary N) is 3. The van der Waals surface area contributed by atoms with Gasteiger partial charge in [0.05, 0.1) is 5.52 Å². The summed E-state index contributed by atoms with van der Waals surface area (Å²) in [5.74, 6) is -4.09. The largest absolute Gasteiger partial charge is 0.481 e. The van der Waals surface area contributed by atoms with Crippen molar-refractivity contribution >= 4 is 40.7 Å². The molecule has 0 saturated carbocycles. The quantitative estimate of drug-likeness (QED) is 0.196. The minimum absolute atomic E-state index is 0.0620. The van der Waals surface area contributed by atoms with Crippen LogP contribution in [0.4, 0.5) is 4.79 Å². The first-order valence-corrected chi connectivity index (χ1v) is 11.5. The minimum atomic E-state index is -1.46. The van der Waals surface area contributed by atoms with Crippen LogP contribution in [0.25, 0.3) is 10.9 Å². The van der Waals surface area contributed by atoms with Crippen LogP contribution in [0.1, 0.15) is 44.2 Å². The summed E-state index contributed by atoms with van der Waals surface area (Å²) in [6.07, 6.45) is 0.857. The Balaban J connectivity index is 1.68. The highest BCUT2D eigenvalue weighted by molar-refractivity contribution is 5.86. The zero-order valence-electron chi connectivity index (χ0n) is 19.6. The monoisotopic (exact) mass is 502 g/mol. The third-order valence-electron chi connectivity index (χ3n) is 5.36. The number of nitrogens with zero attached hydrogens (tertiary/aromatic N) is 1. The topological polar surface area (TPSA) is 195 Å². The van der Waals surface area contributed by atoms with Crippen molar-refractivity contribution in [2.75, 3.05) is 6.54 Å². The standard InChI is InChI=1S/C24H30N4O8/c29-20(12-10-16-9-8-15-5-1-2-6-17(15)26-16)25-14-4-3-7-18(22(32)33)27-24(36)28-19(23(34)35)11-13-21(30)31/h1-2,5-6,8-9,18-19H,3-4,7,10-14H2,(H,25,29)(H,30,31)(H,32,33)(H,34,35)(H2,27,28,36)/t18-,19-/m0/s1. The van der Waals surface area contributed by atoms with Crippen LogP contribution in [0, 0.1) is 0 Å². The number of carbonyl (C=O) groups is 5.